The zero-order valence-electron chi connectivity index (χ0n) is 9.85. The molecule has 1 aliphatic heterocycles. The van der Waals surface area contributed by atoms with Crippen LogP contribution in [0.15, 0.2) is 57.2 Å². The number of ether oxygens (including phenoxy) is 1. The Hall–Kier alpha value is -1.90. The number of sulfone groups is 1. The van der Waals surface area contributed by atoms with Gasteiger partial charge < -0.3 is 4.74 Å². The number of rotatable bonds is 1. The first-order valence-electron chi connectivity index (χ1n) is 5.44. The van der Waals surface area contributed by atoms with E-state index in [1.165, 1.54) is 30.3 Å². The summed E-state index contributed by atoms with van der Waals surface area (Å²) >= 11 is 0. The minimum atomic E-state index is -4.59. The third kappa shape index (κ3) is 1.80. The molecule has 104 valence electrons. The van der Waals surface area contributed by atoms with Crippen LogP contribution in [0.4, 0.5) is 0 Å². The van der Waals surface area contributed by atoms with E-state index in [-0.39, 0.29) is 21.3 Å². The smallest absolute Gasteiger partial charge is 0.298 e. The molecule has 2 aromatic carbocycles. The quantitative estimate of drug-likeness (QED) is 0.689. The first kappa shape index (κ1) is 13.1. The molecule has 0 aliphatic carbocycles. The van der Waals surface area contributed by atoms with Crippen molar-refractivity contribution in [2.24, 2.45) is 0 Å². The lowest BCUT2D eigenvalue weighted by Gasteiger charge is -2.21. The maximum absolute atomic E-state index is 12.4. The SMILES string of the molecule is O=S(=O)(O)c1cccc2c1Oc1ccccc1S2(=O)=O. The van der Waals surface area contributed by atoms with Gasteiger partial charge in [0.1, 0.15) is 20.4 Å². The largest absolute Gasteiger partial charge is 0.453 e. The summed E-state index contributed by atoms with van der Waals surface area (Å²) in [6.45, 7) is 0. The van der Waals surface area contributed by atoms with Gasteiger partial charge in [-0.3, -0.25) is 4.55 Å². The van der Waals surface area contributed by atoms with Gasteiger partial charge in [-0.2, -0.15) is 8.42 Å². The Bertz CT molecular complexity index is 913. The summed E-state index contributed by atoms with van der Waals surface area (Å²) in [7, 11) is -8.47. The lowest BCUT2D eigenvalue weighted by Crippen LogP contribution is -2.13. The average molecular weight is 312 g/mol. The van der Waals surface area contributed by atoms with Crippen LogP contribution in [0.2, 0.25) is 0 Å². The zero-order chi connectivity index (χ0) is 14.5. The van der Waals surface area contributed by atoms with Crippen LogP contribution in [0.5, 0.6) is 11.5 Å². The van der Waals surface area contributed by atoms with E-state index in [4.69, 9.17) is 9.29 Å². The zero-order valence-corrected chi connectivity index (χ0v) is 11.5. The van der Waals surface area contributed by atoms with Gasteiger partial charge in [-0.1, -0.05) is 18.2 Å². The molecule has 2 aromatic rings. The highest BCUT2D eigenvalue weighted by Crippen LogP contribution is 2.45. The fourth-order valence-electron chi connectivity index (χ4n) is 2.00. The molecule has 0 radical (unpaired) electrons. The van der Waals surface area contributed by atoms with E-state index in [0.717, 1.165) is 6.07 Å². The molecular formula is C12H8O6S2. The minimum absolute atomic E-state index is 0.0242. The molecule has 0 bridgehead atoms. The number of hydrogen-bond acceptors (Lipinski definition) is 5. The van der Waals surface area contributed by atoms with E-state index < -0.39 is 24.9 Å². The fraction of sp³-hybridized carbons (Fsp3) is 0. The molecular weight excluding hydrogens is 304 g/mol. The van der Waals surface area contributed by atoms with Crippen molar-refractivity contribution < 1.29 is 26.1 Å². The van der Waals surface area contributed by atoms with Crippen LogP contribution in [0.25, 0.3) is 0 Å². The summed E-state index contributed by atoms with van der Waals surface area (Å²) in [5, 5.41) is 0. The van der Waals surface area contributed by atoms with Crippen LogP contribution in [-0.4, -0.2) is 21.4 Å². The normalized spacial score (nSPS) is 15.8. The second kappa shape index (κ2) is 4.05. The maximum Gasteiger partial charge on any atom is 0.298 e. The lowest BCUT2D eigenvalue weighted by molar-refractivity contribution is 0.421. The summed E-state index contributed by atoms with van der Waals surface area (Å²) in [5.41, 5.74) is 0. The van der Waals surface area contributed by atoms with Crippen LogP contribution >= 0.6 is 0 Å². The predicted molar refractivity (Wildman–Crippen MR) is 68.2 cm³/mol. The third-order valence-electron chi connectivity index (χ3n) is 2.86. The van der Waals surface area contributed by atoms with E-state index in [2.05, 4.69) is 0 Å². The van der Waals surface area contributed by atoms with Crippen molar-refractivity contribution in [2.75, 3.05) is 0 Å². The van der Waals surface area contributed by atoms with Gasteiger partial charge in [0, 0.05) is 0 Å². The maximum atomic E-state index is 12.4. The van der Waals surface area contributed by atoms with Crippen molar-refractivity contribution in [3.05, 3.63) is 42.5 Å². The molecule has 8 heteroatoms. The third-order valence-corrected chi connectivity index (χ3v) is 5.55. The predicted octanol–water partition coefficient (Wildman–Crippen LogP) is 1.87. The van der Waals surface area contributed by atoms with E-state index in [1.807, 2.05) is 0 Å². The van der Waals surface area contributed by atoms with Crippen molar-refractivity contribution in [3.8, 4) is 11.5 Å². The molecule has 0 amide bonds. The topological polar surface area (TPSA) is 97.7 Å². The Morgan fingerprint density at radius 2 is 1.60 bits per heavy atom. The molecule has 0 atom stereocenters. The van der Waals surface area contributed by atoms with E-state index in [1.54, 1.807) is 6.07 Å². The summed E-state index contributed by atoms with van der Waals surface area (Å²) in [6, 6.07) is 9.43. The first-order chi connectivity index (χ1) is 9.32. The average Bonchev–Trinajstić information content (AvgIpc) is 2.37. The van der Waals surface area contributed by atoms with Crippen molar-refractivity contribution in [3.63, 3.8) is 0 Å². The van der Waals surface area contributed by atoms with Gasteiger partial charge in [0.15, 0.2) is 5.75 Å². The van der Waals surface area contributed by atoms with Crippen molar-refractivity contribution in [1.82, 2.24) is 0 Å². The van der Waals surface area contributed by atoms with Gasteiger partial charge in [0.05, 0.1) is 0 Å². The Labute approximate surface area is 115 Å². The highest BCUT2D eigenvalue weighted by atomic mass is 32.2. The van der Waals surface area contributed by atoms with Crippen LogP contribution in [0, 0.1) is 0 Å². The molecule has 3 rings (SSSR count). The first-order valence-corrected chi connectivity index (χ1v) is 8.36. The van der Waals surface area contributed by atoms with Crippen LogP contribution in [0.1, 0.15) is 0 Å². The summed E-state index contributed by atoms with van der Waals surface area (Å²) in [6.07, 6.45) is 0. The van der Waals surface area contributed by atoms with E-state index >= 15 is 0 Å². The van der Waals surface area contributed by atoms with Crippen molar-refractivity contribution in [1.29, 1.82) is 0 Å². The van der Waals surface area contributed by atoms with Crippen LogP contribution in [0.3, 0.4) is 0 Å². The molecule has 0 spiro atoms. The number of hydrogen-bond donors (Lipinski definition) is 1. The summed E-state index contributed by atoms with van der Waals surface area (Å²) in [4.78, 5) is -0.903. The van der Waals surface area contributed by atoms with Gasteiger partial charge >= 0.3 is 0 Å². The van der Waals surface area contributed by atoms with Gasteiger partial charge in [-0.25, -0.2) is 8.42 Å². The van der Waals surface area contributed by atoms with E-state index in [0.29, 0.717) is 0 Å². The Morgan fingerprint density at radius 3 is 2.30 bits per heavy atom. The highest BCUT2D eigenvalue weighted by Gasteiger charge is 2.34. The van der Waals surface area contributed by atoms with Crippen LogP contribution < -0.4 is 4.74 Å². The second-order valence-electron chi connectivity index (χ2n) is 4.11. The standard InChI is InChI=1S/C12H8O6S2/c13-19(14)9-5-2-1-4-8(9)18-12-10(19)6-3-7-11(12)20(15,16)17/h1-7H,(H,15,16,17). The van der Waals surface area contributed by atoms with Gasteiger partial charge in [0.25, 0.3) is 10.1 Å². The molecule has 0 saturated heterocycles. The Kier molecular flexibility index (Phi) is 2.65. The monoisotopic (exact) mass is 312 g/mol. The van der Waals surface area contributed by atoms with Gasteiger partial charge in [-0.05, 0) is 24.3 Å². The van der Waals surface area contributed by atoms with E-state index in [9.17, 15) is 16.8 Å². The van der Waals surface area contributed by atoms with Crippen LogP contribution in [-0.2, 0) is 20.0 Å². The lowest BCUT2D eigenvalue weighted by atomic mass is 10.3. The van der Waals surface area contributed by atoms with Gasteiger partial charge in [0.2, 0.25) is 9.84 Å². The Balaban J connectivity index is 2.40. The second-order valence-corrected chi connectivity index (χ2v) is 7.39. The number of para-hydroxylation sites is 2. The van der Waals surface area contributed by atoms with Crippen molar-refractivity contribution in [2.45, 2.75) is 14.7 Å². The highest BCUT2D eigenvalue weighted by molar-refractivity contribution is 7.92. The minimum Gasteiger partial charge on any atom is -0.453 e. The molecule has 20 heavy (non-hydrogen) atoms. The molecule has 0 fully saturated rings. The summed E-state index contributed by atoms with van der Waals surface area (Å²) in [5.74, 6) is -0.357. The molecule has 0 aromatic heterocycles. The molecule has 0 unspecified atom stereocenters. The summed E-state index contributed by atoms with van der Waals surface area (Å²) < 4.78 is 62.0. The molecule has 1 N–H and O–H groups in total. The molecule has 1 aliphatic rings. The fourth-order valence-corrected chi connectivity index (χ4v) is 4.22. The molecule has 6 nitrogen and oxygen atoms in total. The molecule has 1 heterocycles. The van der Waals surface area contributed by atoms with Gasteiger partial charge in [-0.15, -0.1) is 0 Å². The van der Waals surface area contributed by atoms with Crippen molar-refractivity contribution >= 4 is 20.0 Å². The number of benzene rings is 2. The number of fused-ring (bicyclic) bond motifs is 2. The molecule has 0 saturated carbocycles. The Morgan fingerprint density at radius 1 is 0.950 bits per heavy atom.